The van der Waals surface area contributed by atoms with Crippen LogP contribution in [0.5, 0.6) is 5.75 Å². The number of allylic oxidation sites excluding steroid dienone is 1. The Hall–Kier alpha value is -3.18. The fourth-order valence-corrected chi connectivity index (χ4v) is 5.07. The van der Waals surface area contributed by atoms with Crippen LogP contribution < -0.4 is 15.4 Å². The van der Waals surface area contributed by atoms with Crippen LogP contribution in [0.15, 0.2) is 89.5 Å². The molecule has 0 amide bonds. The molecule has 2 N–H and O–H groups in total. The summed E-state index contributed by atoms with van der Waals surface area (Å²) in [7, 11) is 1.66. The van der Waals surface area contributed by atoms with Crippen molar-refractivity contribution in [2.75, 3.05) is 24.0 Å². The molecule has 32 heavy (non-hydrogen) atoms. The number of rotatable bonds is 4. The van der Waals surface area contributed by atoms with Gasteiger partial charge in [-0.25, -0.2) is 0 Å². The van der Waals surface area contributed by atoms with E-state index in [1.54, 1.807) is 18.9 Å². The van der Waals surface area contributed by atoms with Gasteiger partial charge in [0.25, 0.3) is 0 Å². The largest absolute Gasteiger partial charge is 0.497 e. The number of ketones is 1. The maximum atomic E-state index is 13.6. The average molecular weight is 443 g/mol. The first-order chi connectivity index (χ1) is 15.7. The van der Waals surface area contributed by atoms with Gasteiger partial charge in [-0.05, 0) is 53.8 Å². The van der Waals surface area contributed by atoms with Crippen molar-refractivity contribution in [2.45, 2.75) is 23.3 Å². The molecule has 0 aromatic heterocycles. The molecule has 4 nitrogen and oxygen atoms in total. The molecule has 3 atom stereocenters. The Bertz CT molecular complexity index is 1160. The van der Waals surface area contributed by atoms with Crippen molar-refractivity contribution in [2.24, 2.45) is 5.92 Å². The van der Waals surface area contributed by atoms with Crippen LogP contribution in [0.2, 0.25) is 0 Å². The summed E-state index contributed by atoms with van der Waals surface area (Å²) in [6.07, 6.45) is 4.80. The Kier molecular flexibility index (Phi) is 5.66. The summed E-state index contributed by atoms with van der Waals surface area (Å²) >= 11 is 1.72. The smallest absolute Gasteiger partial charge is 0.145 e. The number of methoxy groups -OCH3 is 1. The molecular weight excluding hydrogens is 416 g/mol. The number of fused-ring (bicyclic) bond motifs is 2. The molecule has 0 radical (unpaired) electrons. The lowest BCUT2D eigenvalue weighted by atomic mass is 9.76. The van der Waals surface area contributed by atoms with Gasteiger partial charge in [0.15, 0.2) is 0 Å². The van der Waals surface area contributed by atoms with Gasteiger partial charge >= 0.3 is 0 Å². The number of Topliss-reactive ketones (excluding diaryl/α,β-unsaturated/α-hetero) is 1. The van der Waals surface area contributed by atoms with E-state index in [1.165, 1.54) is 4.90 Å². The molecule has 0 bridgehead atoms. The van der Waals surface area contributed by atoms with E-state index in [-0.39, 0.29) is 23.7 Å². The number of ether oxygens (including phenoxy) is 1. The first-order valence-corrected chi connectivity index (χ1v) is 12.0. The first-order valence-electron chi connectivity index (χ1n) is 10.8. The van der Waals surface area contributed by atoms with Crippen LogP contribution in [0, 0.1) is 5.92 Å². The molecule has 2 aliphatic rings. The van der Waals surface area contributed by atoms with Crippen molar-refractivity contribution in [3.8, 4) is 5.75 Å². The molecule has 0 saturated carbocycles. The number of hydrogen-bond acceptors (Lipinski definition) is 5. The summed E-state index contributed by atoms with van der Waals surface area (Å²) in [5.41, 5.74) is 5.22. The molecule has 1 aliphatic heterocycles. The van der Waals surface area contributed by atoms with E-state index in [0.717, 1.165) is 33.9 Å². The third kappa shape index (κ3) is 3.89. The number of carbonyl (C=O) groups excluding carboxylic acids is 1. The summed E-state index contributed by atoms with van der Waals surface area (Å²) in [5, 5.41) is 7.25. The number of para-hydroxylation sites is 2. The van der Waals surface area contributed by atoms with Gasteiger partial charge in [-0.15, -0.1) is 11.8 Å². The molecule has 3 aromatic carbocycles. The summed E-state index contributed by atoms with van der Waals surface area (Å²) in [4.78, 5) is 14.8. The maximum Gasteiger partial charge on any atom is 0.145 e. The highest BCUT2D eigenvalue weighted by Gasteiger charge is 2.39. The standard InChI is InChI=1S/C27H26N2O2S/c1-31-20-11-7-17(8-12-20)19-15-24-26(25(30)16-19)27(18-9-13-21(32-2)14-10-18)29-23-6-4-3-5-22(23)28-24/h3-15,19,26-29H,16H2,1-2H3. The summed E-state index contributed by atoms with van der Waals surface area (Å²) < 4.78 is 5.29. The second-order valence-electron chi connectivity index (χ2n) is 8.22. The zero-order valence-corrected chi connectivity index (χ0v) is 19.0. The highest BCUT2D eigenvalue weighted by molar-refractivity contribution is 7.98. The minimum Gasteiger partial charge on any atom is -0.497 e. The number of thioether (sulfide) groups is 1. The molecule has 0 saturated heterocycles. The number of carbonyl (C=O) groups is 1. The Balaban J connectivity index is 1.57. The Morgan fingerprint density at radius 3 is 2.28 bits per heavy atom. The van der Waals surface area contributed by atoms with Crippen LogP contribution in [0.3, 0.4) is 0 Å². The third-order valence-corrected chi connectivity index (χ3v) is 7.10. The van der Waals surface area contributed by atoms with E-state index in [0.29, 0.717) is 6.42 Å². The topological polar surface area (TPSA) is 50.4 Å². The van der Waals surface area contributed by atoms with E-state index >= 15 is 0 Å². The van der Waals surface area contributed by atoms with E-state index in [2.05, 4.69) is 71.5 Å². The van der Waals surface area contributed by atoms with Gasteiger partial charge in [0.05, 0.1) is 30.4 Å². The number of benzene rings is 3. The van der Waals surface area contributed by atoms with Gasteiger partial charge in [0.1, 0.15) is 11.5 Å². The molecule has 1 aliphatic carbocycles. The molecule has 162 valence electrons. The zero-order chi connectivity index (χ0) is 22.1. The molecule has 0 fully saturated rings. The van der Waals surface area contributed by atoms with Gasteiger partial charge in [0.2, 0.25) is 0 Å². The lowest BCUT2D eigenvalue weighted by Gasteiger charge is -2.32. The van der Waals surface area contributed by atoms with Crippen LogP contribution in [0.1, 0.15) is 29.5 Å². The van der Waals surface area contributed by atoms with Crippen LogP contribution in [0.4, 0.5) is 11.4 Å². The third-order valence-electron chi connectivity index (χ3n) is 6.35. The van der Waals surface area contributed by atoms with Crippen LogP contribution in [-0.2, 0) is 4.79 Å². The van der Waals surface area contributed by atoms with Crippen molar-refractivity contribution >= 4 is 28.9 Å². The van der Waals surface area contributed by atoms with Gasteiger partial charge in [-0.1, -0.05) is 42.5 Å². The number of nitrogens with one attached hydrogen (secondary N) is 2. The van der Waals surface area contributed by atoms with E-state index in [9.17, 15) is 4.79 Å². The van der Waals surface area contributed by atoms with Crippen molar-refractivity contribution in [3.63, 3.8) is 0 Å². The molecule has 5 heteroatoms. The summed E-state index contributed by atoms with van der Waals surface area (Å²) in [5.74, 6) is 0.838. The highest BCUT2D eigenvalue weighted by atomic mass is 32.2. The fourth-order valence-electron chi connectivity index (χ4n) is 4.66. The average Bonchev–Trinajstić information content (AvgIpc) is 3.01. The van der Waals surface area contributed by atoms with E-state index < -0.39 is 0 Å². The second-order valence-corrected chi connectivity index (χ2v) is 9.10. The fraction of sp³-hybridized carbons (Fsp3) is 0.222. The number of hydrogen-bond donors (Lipinski definition) is 2. The molecule has 3 unspecified atom stereocenters. The lowest BCUT2D eigenvalue weighted by Crippen LogP contribution is -2.33. The zero-order valence-electron chi connectivity index (χ0n) is 18.2. The molecule has 0 spiro atoms. The van der Waals surface area contributed by atoms with Gasteiger partial charge in [0, 0.05) is 22.9 Å². The first kappa shape index (κ1) is 20.7. The second kappa shape index (κ2) is 8.75. The summed E-state index contributed by atoms with van der Waals surface area (Å²) in [6.45, 7) is 0. The van der Waals surface area contributed by atoms with Crippen molar-refractivity contribution in [1.82, 2.24) is 0 Å². The molecule has 3 aromatic rings. The predicted molar refractivity (Wildman–Crippen MR) is 132 cm³/mol. The normalized spacial score (nSPS) is 21.9. The monoisotopic (exact) mass is 442 g/mol. The SMILES string of the molecule is COc1ccc(C2C=C3Nc4ccccc4NC(c4ccc(SC)cc4)C3C(=O)C2)cc1. The van der Waals surface area contributed by atoms with Crippen LogP contribution in [-0.4, -0.2) is 19.1 Å². The maximum absolute atomic E-state index is 13.6. The van der Waals surface area contributed by atoms with Gasteiger partial charge in [-0.3, -0.25) is 4.79 Å². The molecule has 1 heterocycles. The van der Waals surface area contributed by atoms with E-state index in [1.807, 2.05) is 24.3 Å². The lowest BCUT2D eigenvalue weighted by molar-refractivity contribution is -0.122. The Morgan fingerprint density at radius 2 is 1.59 bits per heavy atom. The molecular formula is C27H26N2O2S. The highest BCUT2D eigenvalue weighted by Crippen LogP contribution is 2.44. The Morgan fingerprint density at radius 1 is 0.906 bits per heavy atom. The predicted octanol–water partition coefficient (Wildman–Crippen LogP) is 6.25. The minimum atomic E-state index is -0.267. The minimum absolute atomic E-state index is 0.0388. The van der Waals surface area contributed by atoms with Crippen molar-refractivity contribution < 1.29 is 9.53 Å². The van der Waals surface area contributed by atoms with Gasteiger partial charge < -0.3 is 15.4 Å². The summed E-state index contributed by atoms with van der Waals surface area (Å²) in [6, 6.07) is 24.6. The van der Waals surface area contributed by atoms with Crippen LogP contribution in [0.25, 0.3) is 0 Å². The quantitative estimate of drug-likeness (QED) is 0.468. The molecule has 5 rings (SSSR count). The van der Waals surface area contributed by atoms with Crippen molar-refractivity contribution in [3.05, 3.63) is 95.7 Å². The van der Waals surface area contributed by atoms with Crippen LogP contribution >= 0.6 is 11.8 Å². The van der Waals surface area contributed by atoms with E-state index in [4.69, 9.17) is 4.74 Å². The Labute approximate surface area is 193 Å². The van der Waals surface area contributed by atoms with Gasteiger partial charge in [-0.2, -0.15) is 0 Å². The van der Waals surface area contributed by atoms with Crippen molar-refractivity contribution in [1.29, 1.82) is 0 Å². The number of anilines is 2.